The molecule has 90 valence electrons. The highest BCUT2D eigenvalue weighted by atomic mass is 16.7. The van der Waals surface area contributed by atoms with Crippen molar-refractivity contribution in [1.29, 1.82) is 0 Å². The average Bonchev–Trinajstić information content (AvgIpc) is 2.38. The Morgan fingerprint density at radius 1 is 1.35 bits per heavy atom. The van der Waals surface area contributed by atoms with Gasteiger partial charge in [0, 0.05) is 6.08 Å². The van der Waals surface area contributed by atoms with Gasteiger partial charge in [0.25, 0.3) is 0 Å². The lowest BCUT2D eigenvalue weighted by molar-refractivity contribution is -0.176. The summed E-state index contributed by atoms with van der Waals surface area (Å²) < 4.78 is 4.51. The first kappa shape index (κ1) is 12.8. The van der Waals surface area contributed by atoms with Crippen molar-refractivity contribution in [3.8, 4) is 0 Å². The van der Waals surface area contributed by atoms with Gasteiger partial charge in [-0.1, -0.05) is 36.9 Å². The number of methoxy groups -OCH3 is 1. The number of hydrogen-bond acceptors (Lipinski definition) is 4. The van der Waals surface area contributed by atoms with E-state index in [1.807, 2.05) is 18.2 Å². The second kappa shape index (κ2) is 6.32. The smallest absolute Gasteiger partial charge is 0.443 e. The highest BCUT2D eigenvalue weighted by molar-refractivity contribution is 5.82. The molecule has 1 rings (SSSR count). The third kappa shape index (κ3) is 3.98. The summed E-state index contributed by atoms with van der Waals surface area (Å²) in [6.45, 7) is 3.37. The van der Waals surface area contributed by atoms with Crippen molar-refractivity contribution in [3.63, 3.8) is 0 Å². The highest BCUT2D eigenvalue weighted by Gasteiger charge is 2.18. The van der Waals surface area contributed by atoms with Crippen LogP contribution in [0.2, 0.25) is 0 Å². The van der Waals surface area contributed by atoms with Crippen LogP contribution in [0.3, 0.4) is 0 Å². The van der Waals surface area contributed by atoms with Crippen molar-refractivity contribution in [1.82, 2.24) is 5.06 Å². The van der Waals surface area contributed by atoms with Gasteiger partial charge in [0.2, 0.25) is 0 Å². The number of benzene rings is 1. The lowest BCUT2D eigenvalue weighted by Crippen LogP contribution is -2.32. The second-order valence-corrected chi connectivity index (χ2v) is 3.11. The number of rotatable bonds is 3. The first-order valence-electron chi connectivity index (χ1n) is 4.91. The van der Waals surface area contributed by atoms with Gasteiger partial charge in [-0.3, -0.25) is 0 Å². The summed E-state index contributed by atoms with van der Waals surface area (Å²) in [7, 11) is 1.21. The molecule has 0 radical (unpaired) electrons. The number of carbonyl (C=O) groups is 2. The molecule has 0 atom stereocenters. The van der Waals surface area contributed by atoms with Crippen LogP contribution in [0, 0.1) is 0 Å². The van der Waals surface area contributed by atoms with E-state index < -0.39 is 12.1 Å². The Balaban J connectivity index is 2.73. The molecule has 1 amide bonds. The number of nitrogens with zero attached hydrogens (tertiary/aromatic N) is 1. The highest BCUT2D eigenvalue weighted by Crippen LogP contribution is 2.06. The van der Waals surface area contributed by atoms with Crippen LogP contribution in [0.15, 0.2) is 43.0 Å². The van der Waals surface area contributed by atoms with Gasteiger partial charge in [-0.2, -0.15) is 0 Å². The van der Waals surface area contributed by atoms with E-state index in [0.717, 1.165) is 16.7 Å². The minimum absolute atomic E-state index is 0.118. The molecule has 0 fully saturated rings. The van der Waals surface area contributed by atoms with E-state index in [1.54, 1.807) is 12.1 Å². The maximum absolute atomic E-state index is 11.4. The number of carbonyl (C=O) groups excluding carboxylic acids is 2. The standard InChI is InChI=1S/C12H13NO4/c1-3-11(14)17-13(12(15)16-2)9-10-7-5-4-6-8-10/h3-8H,1,9H2,2H3. The van der Waals surface area contributed by atoms with Crippen molar-refractivity contribution in [2.45, 2.75) is 6.54 Å². The van der Waals surface area contributed by atoms with Crippen molar-refractivity contribution in [2.24, 2.45) is 0 Å². The number of hydrogen-bond donors (Lipinski definition) is 0. The van der Waals surface area contributed by atoms with E-state index in [0.29, 0.717) is 0 Å². The van der Waals surface area contributed by atoms with Crippen LogP contribution < -0.4 is 0 Å². The Morgan fingerprint density at radius 3 is 2.53 bits per heavy atom. The molecular weight excluding hydrogens is 222 g/mol. The summed E-state index contributed by atoms with van der Waals surface area (Å²) in [5.74, 6) is -0.716. The van der Waals surface area contributed by atoms with Crippen LogP contribution in [0.5, 0.6) is 0 Å². The maximum Gasteiger partial charge on any atom is 0.443 e. The Kier molecular flexibility index (Phi) is 4.75. The fraction of sp³-hybridized carbons (Fsp3) is 0.167. The molecular formula is C12H13NO4. The summed E-state index contributed by atoms with van der Waals surface area (Å²) in [5, 5.41) is 0.833. The van der Waals surface area contributed by atoms with Crippen LogP contribution in [0.25, 0.3) is 0 Å². The van der Waals surface area contributed by atoms with Crippen molar-refractivity contribution in [3.05, 3.63) is 48.6 Å². The SMILES string of the molecule is C=CC(=O)ON(Cc1ccccc1)C(=O)OC. The third-order valence-corrected chi connectivity index (χ3v) is 1.91. The van der Waals surface area contributed by atoms with Crippen molar-refractivity contribution >= 4 is 12.1 Å². The summed E-state index contributed by atoms with van der Waals surface area (Å²) in [5.41, 5.74) is 0.815. The summed E-state index contributed by atoms with van der Waals surface area (Å²) >= 11 is 0. The molecule has 0 aliphatic carbocycles. The summed E-state index contributed by atoms with van der Waals surface area (Å²) in [6.07, 6.45) is 0.227. The third-order valence-electron chi connectivity index (χ3n) is 1.91. The lowest BCUT2D eigenvalue weighted by Gasteiger charge is -2.18. The van der Waals surface area contributed by atoms with Gasteiger partial charge in [0.05, 0.1) is 13.7 Å². The van der Waals surface area contributed by atoms with E-state index in [-0.39, 0.29) is 6.54 Å². The second-order valence-electron chi connectivity index (χ2n) is 3.11. The molecule has 0 aromatic heterocycles. The Hall–Kier alpha value is -2.30. The number of hydroxylamine groups is 2. The van der Waals surface area contributed by atoms with Crippen LogP contribution in [0.1, 0.15) is 5.56 Å². The molecule has 0 bridgehead atoms. The fourth-order valence-electron chi connectivity index (χ4n) is 1.13. The van der Waals surface area contributed by atoms with E-state index >= 15 is 0 Å². The minimum Gasteiger partial charge on any atom is -0.451 e. The van der Waals surface area contributed by atoms with Crippen LogP contribution in [-0.2, 0) is 20.9 Å². The molecule has 0 heterocycles. The molecule has 5 heteroatoms. The molecule has 1 aromatic carbocycles. The number of ether oxygens (including phenoxy) is 1. The molecule has 0 spiro atoms. The van der Waals surface area contributed by atoms with Gasteiger partial charge >= 0.3 is 12.1 Å². The first-order chi connectivity index (χ1) is 8.17. The summed E-state index contributed by atoms with van der Waals surface area (Å²) in [4.78, 5) is 27.2. The Morgan fingerprint density at radius 2 is 2.00 bits per heavy atom. The lowest BCUT2D eigenvalue weighted by atomic mass is 10.2. The molecule has 0 saturated carbocycles. The van der Waals surface area contributed by atoms with Crippen molar-refractivity contribution < 1.29 is 19.2 Å². The normalized spacial score (nSPS) is 9.24. The van der Waals surface area contributed by atoms with Crippen LogP contribution in [0.4, 0.5) is 4.79 Å². The largest absolute Gasteiger partial charge is 0.451 e. The van der Waals surface area contributed by atoms with E-state index in [1.165, 1.54) is 7.11 Å². The molecule has 17 heavy (non-hydrogen) atoms. The molecule has 1 aromatic rings. The number of amides is 1. The van der Waals surface area contributed by atoms with E-state index in [9.17, 15) is 9.59 Å². The monoisotopic (exact) mass is 235 g/mol. The zero-order valence-corrected chi connectivity index (χ0v) is 9.46. The molecule has 0 aliphatic rings. The Labute approximate surface area is 99.2 Å². The fourth-order valence-corrected chi connectivity index (χ4v) is 1.13. The predicted molar refractivity (Wildman–Crippen MR) is 60.7 cm³/mol. The minimum atomic E-state index is -0.746. The van der Waals surface area contributed by atoms with Crippen molar-refractivity contribution in [2.75, 3.05) is 7.11 Å². The van der Waals surface area contributed by atoms with E-state index in [2.05, 4.69) is 11.3 Å². The average molecular weight is 235 g/mol. The zero-order chi connectivity index (χ0) is 12.7. The van der Waals surface area contributed by atoms with Gasteiger partial charge in [0.15, 0.2) is 0 Å². The van der Waals surface area contributed by atoms with Gasteiger partial charge in [0.1, 0.15) is 0 Å². The van der Waals surface area contributed by atoms with E-state index in [4.69, 9.17) is 4.84 Å². The van der Waals surface area contributed by atoms with Gasteiger partial charge in [-0.25, -0.2) is 9.59 Å². The molecule has 5 nitrogen and oxygen atoms in total. The first-order valence-corrected chi connectivity index (χ1v) is 4.91. The van der Waals surface area contributed by atoms with Gasteiger partial charge in [-0.15, -0.1) is 5.06 Å². The predicted octanol–water partition coefficient (Wildman–Crippen LogP) is 1.90. The quantitative estimate of drug-likeness (QED) is 0.593. The van der Waals surface area contributed by atoms with Crippen LogP contribution in [-0.4, -0.2) is 24.2 Å². The molecule has 0 saturated heterocycles. The van der Waals surface area contributed by atoms with Crippen LogP contribution >= 0.6 is 0 Å². The zero-order valence-electron chi connectivity index (χ0n) is 9.46. The molecule has 0 N–H and O–H groups in total. The Bertz CT molecular complexity index is 402. The van der Waals surface area contributed by atoms with Gasteiger partial charge < -0.3 is 9.57 Å². The molecule has 0 aliphatic heterocycles. The topological polar surface area (TPSA) is 55.8 Å². The molecule has 0 unspecified atom stereocenters. The maximum atomic E-state index is 11.4. The van der Waals surface area contributed by atoms with Gasteiger partial charge in [-0.05, 0) is 5.56 Å². The summed E-state index contributed by atoms with van der Waals surface area (Å²) in [6, 6.07) is 9.09.